The van der Waals surface area contributed by atoms with Crippen molar-refractivity contribution < 1.29 is 14.3 Å². The van der Waals surface area contributed by atoms with Crippen LogP contribution in [-0.4, -0.2) is 42.0 Å². The number of anilines is 1. The number of ether oxygens (including phenoxy) is 1. The molecule has 2 aromatic rings. The van der Waals surface area contributed by atoms with Gasteiger partial charge in [-0.1, -0.05) is 6.92 Å². The Morgan fingerprint density at radius 3 is 2.76 bits per heavy atom. The second-order valence-corrected chi connectivity index (χ2v) is 4.83. The van der Waals surface area contributed by atoms with Gasteiger partial charge in [0.1, 0.15) is 12.2 Å². The van der Waals surface area contributed by atoms with E-state index in [1.807, 2.05) is 13.0 Å². The van der Waals surface area contributed by atoms with Crippen molar-refractivity contribution in [1.82, 2.24) is 9.88 Å². The van der Waals surface area contributed by atoms with E-state index in [0.717, 1.165) is 17.3 Å². The Labute approximate surface area is 122 Å². The minimum Gasteiger partial charge on any atom is -0.468 e. The molecule has 0 saturated heterocycles. The Balaban J connectivity index is 2.27. The van der Waals surface area contributed by atoms with Gasteiger partial charge in [0.25, 0.3) is 5.91 Å². The Morgan fingerprint density at radius 1 is 1.33 bits per heavy atom. The molecule has 3 N–H and O–H groups in total. The molecule has 6 nitrogen and oxygen atoms in total. The van der Waals surface area contributed by atoms with Gasteiger partial charge in [-0.15, -0.1) is 0 Å². The van der Waals surface area contributed by atoms with Gasteiger partial charge in [-0.25, -0.2) is 0 Å². The zero-order chi connectivity index (χ0) is 15.4. The lowest BCUT2D eigenvalue weighted by Crippen LogP contribution is -2.37. The number of carbonyl (C=O) groups is 2. The fourth-order valence-corrected chi connectivity index (χ4v) is 2.18. The zero-order valence-corrected chi connectivity index (χ0v) is 12.2. The van der Waals surface area contributed by atoms with Crippen molar-refractivity contribution in [1.29, 1.82) is 0 Å². The number of hydrogen-bond donors (Lipinski definition) is 2. The van der Waals surface area contributed by atoms with Crippen LogP contribution in [0.2, 0.25) is 0 Å². The van der Waals surface area contributed by atoms with Crippen LogP contribution in [0.1, 0.15) is 23.8 Å². The van der Waals surface area contributed by atoms with Crippen LogP contribution in [0.25, 0.3) is 10.9 Å². The molecule has 0 aliphatic carbocycles. The summed E-state index contributed by atoms with van der Waals surface area (Å²) in [6, 6.07) is 7.14. The van der Waals surface area contributed by atoms with Gasteiger partial charge in [-0.3, -0.25) is 9.59 Å². The third kappa shape index (κ3) is 3.34. The van der Waals surface area contributed by atoms with Gasteiger partial charge in [-0.05, 0) is 30.7 Å². The first kappa shape index (κ1) is 14.9. The van der Waals surface area contributed by atoms with Crippen molar-refractivity contribution in [3.05, 3.63) is 30.0 Å². The number of H-pyrrole nitrogens is 1. The summed E-state index contributed by atoms with van der Waals surface area (Å²) in [4.78, 5) is 28.4. The van der Waals surface area contributed by atoms with E-state index in [4.69, 9.17) is 5.73 Å². The Kier molecular flexibility index (Phi) is 4.47. The number of esters is 1. The summed E-state index contributed by atoms with van der Waals surface area (Å²) in [5.41, 5.74) is 7.64. The summed E-state index contributed by atoms with van der Waals surface area (Å²) in [5, 5.41) is 0.868. The summed E-state index contributed by atoms with van der Waals surface area (Å²) in [6.45, 7) is 2.38. The minimum absolute atomic E-state index is 0.0549. The summed E-state index contributed by atoms with van der Waals surface area (Å²) in [7, 11) is 1.31. The molecule has 1 amide bonds. The maximum absolute atomic E-state index is 12.5. The summed E-state index contributed by atoms with van der Waals surface area (Å²) in [5.74, 6) is -0.658. The number of methoxy groups -OCH3 is 1. The molecule has 1 aromatic carbocycles. The third-order valence-electron chi connectivity index (χ3n) is 3.20. The van der Waals surface area contributed by atoms with E-state index < -0.39 is 5.97 Å². The van der Waals surface area contributed by atoms with E-state index in [-0.39, 0.29) is 12.5 Å². The lowest BCUT2D eigenvalue weighted by atomic mass is 10.2. The highest BCUT2D eigenvalue weighted by molar-refractivity contribution is 5.99. The predicted octanol–water partition coefficient (Wildman–Crippen LogP) is 1.78. The van der Waals surface area contributed by atoms with Crippen LogP contribution in [0.5, 0.6) is 0 Å². The van der Waals surface area contributed by atoms with Gasteiger partial charge in [-0.2, -0.15) is 0 Å². The number of aromatic amines is 1. The Bertz CT molecular complexity index is 663. The van der Waals surface area contributed by atoms with E-state index in [9.17, 15) is 9.59 Å². The molecule has 0 bridgehead atoms. The van der Waals surface area contributed by atoms with Gasteiger partial charge >= 0.3 is 5.97 Å². The predicted molar refractivity (Wildman–Crippen MR) is 80.9 cm³/mol. The third-order valence-corrected chi connectivity index (χ3v) is 3.20. The normalized spacial score (nSPS) is 10.6. The number of aromatic nitrogens is 1. The topological polar surface area (TPSA) is 88.4 Å². The first-order valence-electron chi connectivity index (χ1n) is 6.79. The van der Waals surface area contributed by atoms with Gasteiger partial charge < -0.3 is 20.4 Å². The number of nitrogens with two attached hydrogens (primary N) is 1. The Morgan fingerprint density at radius 2 is 2.10 bits per heavy atom. The van der Waals surface area contributed by atoms with Crippen molar-refractivity contribution in [2.75, 3.05) is 25.9 Å². The molecule has 21 heavy (non-hydrogen) atoms. The van der Waals surface area contributed by atoms with Crippen LogP contribution in [0.15, 0.2) is 24.3 Å². The molecule has 2 rings (SSSR count). The standard InChI is InChI=1S/C15H19N3O3/c1-3-6-18(9-14(19)21-2)15(20)13-8-10-7-11(16)4-5-12(10)17-13/h4-5,7-8,17H,3,6,9,16H2,1-2H3. The highest BCUT2D eigenvalue weighted by Gasteiger charge is 2.20. The van der Waals surface area contributed by atoms with Crippen molar-refractivity contribution in [3.8, 4) is 0 Å². The van der Waals surface area contributed by atoms with E-state index in [2.05, 4.69) is 9.72 Å². The smallest absolute Gasteiger partial charge is 0.325 e. The molecule has 0 unspecified atom stereocenters. The number of hydrogen-bond acceptors (Lipinski definition) is 4. The SMILES string of the molecule is CCCN(CC(=O)OC)C(=O)c1cc2cc(N)ccc2[nH]1. The van der Waals surface area contributed by atoms with Crippen LogP contribution >= 0.6 is 0 Å². The molecule has 0 fully saturated rings. The molecule has 0 spiro atoms. The number of benzene rings is 1. The van der Waals surface area contributed by atoms with Crippen LogP contribution in [0.3, 0.4) is 0 Å². The van der Waals surface area contributed by atoms with E-state index >= 15 is 0 Å². The van der Waals surface area contributed by atoms with Crippen LogP contribution in [0.4, 0.5) is 5.69 Å². The molecule has 112 valence electrons. The average molecular weight is 289 g/mol. The van der Waals surface area contributed by atoms with E-state index in [1.54, 1.807) is 18.2 Å². The van der Waals surface area contributed by atoms with Crippen LogP contribution < -0.4 is 5.73 Å². The number of nitrogen functional groups attached to an aromatic ring is 1. The lowest BCUT2D eigenvalue weighted by molar-refractivity contribution is -0.141. The maximum Gasteiger partial charge on any atom is 0.325 e. The number of nitrogens with one attached hydrogen (secondary N) is 1. The number of fused-ring (bicyclic) bond motifs is 1. The number of rotatable bonds is 5. The summed E-state index contributed by atoms with van der Waals surface area (Å²) >= 11 is 0. The maximum atomic E-state index is 12.5. The van der Waals surface area contributed by atoms with Crippen molar-refractivity contribution in [3.63, 3.8) is 0 Å². The molecule has 0 radical (unpaired) electrons. The van der Waals surface area contributed by atoms with Gasteiger partial charge in [0.05, 0.1) is 7.11 Å². The minimum atomic E-state index is -0.433. The molecule has 0 aliphatic heterocycles. The first-order valence-corrected chi connectivity index (χ1v) is 6.79. The van der Waals surface area contributed by atoms with Crippen molar-refractivity contribution in [2.24, 2.45) is 0 Å². The average Bonchev–Trinajstić information content (AvgIpc) is 2.88. The molecule has 1 aromatic heterocycles. The zero-order valence-electron chi connectivity index (χ0n) is 12.2. The second-order valence-electron chi connectivity index (χ2n) is 4.83. The van der Waals surface area contributed by atoms with Gasteiger partial charge in [0, 0.05) is 23.1 Å². The molecule has 1 heterocycles. The quantitative estimate of drug-likeness (QED) is 0.648. The largest absolute Gasteiger partial charge is 0.468 e. The van der Waals surface area contributed by atoms with E-state index in [1.165, 1.54) is 12.0 Å². The molecule has 0 saturated carbocycles. The monoisotopic (exact) mass is 289 g/mol. The number of amides is 1. The van der Waals surface area contributed by atoms with Crippen molar-refractivity contribution in [2.45, 2.75) is 13.3 Å². The Hall–Kier alpha value is -2.50. The first-order chi connectivity index (χ1) is 10.0. The fraction of sp³-hybridized carbons (Fsp3) is 0.333. The van der Waals surface area contributed by atoms with Gasteiger partial charge in [0.15, 0.2) is 0 Å². The molecule has 0 atom stereocenters. The van der Waals surface area contributed by atoms with Crippen molar-refractivity contribution >= 4 is 28.5 Å². The molecular formula is C15H19N3O3. The second kappa shape index (κ2) is 6.30. The number of nitrogens with zero attached hydrogens (tertiary/aromatic N) is 1. The summed E-state index contributed by atoms with van der Waals surface area (Å²) in [6.07, 6.45) is 0.760. The highest BCUT2D eigenvalue weighted by Crippen LogP contribution is 2.19. The molecule has 6 heteroatoms. The van der Waals surface area contributed by atoms with Gasteiger partial charge in [0.2, 0.25) is 0 Å². The lowest BCUT2D eigenvalue weighted by Gasteiger charge is -2.19. The van der Waals surface area contributed by atoms with E-state index in [0.29, 0.717) is 17.9 Å². The van der Waals surface area contributed by atoms with Crippen LogP contribution in [-0.2, 0) is 9.53 Å². The molecule has 0 aliphatic rings. The molecular weight excluding hydrogens is 270 g/mol. The van der Waals surface area contributed by atoms with Crippen LogP contribution in [0, 0.1) is 0 Å². The fourth-order valence-electron chi connectivity index (χ4n) is 2.18. The summed E-state index contributed by atoms with van der Waals surface area (Å²) < 4.78 is 4.63. The highest BCUT2D eigenvalue weighted by atomic mass is 16.5. The number of carbonyl (C=O) groups excluding carboxylic acids is 2.